The fourth-order valence-corrected chi connectivity index (χ4v) is 4.40. The highest BCUT2D eigenvalue weighted by Gasteiger charge is 2.24. The highest BCUT2D eigenvalue weighted by molar-refractivity contribution is 6.30. The predicted molar refractivity (Wildman–Crippen MR) is 146 cm³/mol. The Morgan fingerprint density at radius 1 is 0.556 bits per heavy atom. The average Bonchev–Trinajstić information content (AvgIpc) is 2.77. The minimum Gasteiger partial charge on any atom is -0.252 e. The van der Waals surface area contributed by atoms with Crippen LogP contribution in [0.3, 0.4) is 0 Å². The van der Waals surface area contributed by atoms with Gasteiger partial charge in [0.25, 0.3) is 0 Å². The van der Waals surface area contributed by atoms with Gasteiger partial charge in [0.05, 0.1) is 10.0 Å². The zero-order valence-corrected chi connectivity index (χ0v) is 22.7. The van der Waals surface area contributed by atoms with Crippen LogP contribution < -0.4 is 0 Å². The molecule has 0 spiro atoms. The molecule has 2 heterocycles. The SMILES string of the molecule is CC(C)(C)c1ccc(-c2ccc(C(C)(C)C)cc2-c2ncc(Cl)cc2F)c(-c2ncc(Cl)cc2F)c1. The third-order valence-corrected chi connectivity index (χ3v) is 6.60. The van der Waals surface area contributed by atoms with Crippen molar-refractivity contribution in [3.63, 3.8) is 0 Å². The minimum atomic E-state index is -0.529. The van der Waals surface area contributed by atoms with E-state index in [-0.39, 0.29) is 32.3 Å². The first-order chi connectivity index (χ1) is 16.8. The minimum absolute atomic E-state index is 0.177. The summed E-state index contributed by atoms with van der Waals surface area (Å²) >= 11 is 12.0. The van der Waals surface area contributed by atoms with E-state index in [9.17, 15) is 0 Å². The van der Waals surface area contributed by atoms with Crippen LogP contribution in [0.25, 0.3) is 33.6 Å². The lowest BCUT2D eigenvalue weighted by Crippen LogP contribution is -2.12. The van der Waals surface area contributed by atoms with Crippen LogP contribution in [0.4, 0.5) is 8.78 Å². The summed E-state index contributed by atoms with van der Waals surface area (Å²) in [5, 5.41) is 0.430. The monoisotopic (exact) mass is 524 g/mol. The van der Waals surface area contributed by atoms with E-state index in [1.165, 1.54) is 24.5 Å². The summed E-state index contributed by atoms with van der Waals surface area (Å²) in [5.41, 5.74) is 4.63. The van der Waals surface area contributed by atoms with Gasteiger partial charge in [-0.05, 0) is 57.3 Å². The number of halogens is 4. The summed E-state index contributed by atoms with van der Waals surface area (Å²) in [6.45, 7) is 12.5. The molecule has 0 N–H and O–H groups in total. The van der Waals surface area contributed by atoms with Crippen molar-refractivity contribution < 1.29 is 8.78 Å². The van der Waals surface area contributed by atoms with Gasteiger partial charge in [0.1, 0.15) is 11.4 Å². The number of pyridine rings is 2. The van der Waals surface area contributed by atoms with Crippen molar-refractivity contribution in [3.8, 4) is 33.6 Å². The Morgan fingerprint density at radius 2 is 0.917 bits per heavy atom. The summed E-state index contributed by atoms with van der Waals surface area (Å²) in [6.07, 6.45) is 2.86. The molecule has 36 heavy (non-hydrogen) atoms. The maximum absolute atomic E-state index is 15.2. The Kier molecular flexibility index (Phi) is 6.98. The Hall–Kier alpha value is -2.82. The van der Waals surface area contributed by atoms with Gasteiger partial charge in [-0.3, -0.25) is 9.97 Å². The van der Waals surface area contributed by atoms with Gasteiger partial charge < -0.3 is 0 Å². The van der Waals surface area contributed by atoms with E-state index in [0.717, 1.165) is 11.1 Å². The fourth-order valence-electron chi connectivity index (χ4n) is 4.11. The molecule has 0 aliphatic carbocycles. The Morgan fingerprint density at radius 3 is 1.22 bits per heavy atom. The fraction of sp³-hybridized carbons (Fsp3) is 0.267. The highest BCUT2D eigenvalue weighted by atomic mass is 35.5. The summed E-state index contributed by atoms with van der Waals surface area (Å²) in [6, 6.07) is 14.3. The van der Waals surface area contributed by atoms with Crippen molar-refractivity contribution in [1.29, 1.82) is 0 Å². The van der Waals surface area contributed by atoms with Crippen molar-refractivity contribution >= 4 is 23.2 Å². The van der Waals surface area contributed by atoms with Gasteiger partial charge in [0, 0.05) is 23.5 Å². The van der Waals surface area contributed by atoms with Gasteiger partial charge in [-0.15, -0.1) is 0 Å². The van der Waals surface area contributed by atoms with Gasteiger partial charge in [0.2, 0.25) is 0 Å². The predicted octanol–water partition coefficient (Wildman–Crippen LogP) is 9.66. The number of hydrogen-bond donors (Lipinski definition) is 0. The number of aromatic nitrogens is 2. The average molecular weight is 525 g/mol. The Balaban J connectivity index is 2.08. The van der Waals surface area contributed by atoms with Gasteiger partial charge in [-0.2, -0.15) is 0 Å². The quantitative estimate of drug-likeness (QED) is 0.266. The van der Waals surface area contributed by atoms with E-state index in [1.54, 1.807) is 0 Å². The lowest BCUT2D eigenvalue weighted by Gasteiger charge is -2.24. The lowest BCUT2D eigenvalue weighted by atomic mass is 9.81. The molecular weight excluding hydrogens is 497 g/mol. The third kappa shape index (κ3) is 5.30. The summed E-state index contributed by atoms with van der Waals surface area (Å²) in [5.74, 6) is -1.06. The summed E-state index contributed by atoms with van der Waals surface area (Å²) in [4.78, 5) is 8.66. The summed E-state index contributed by atoms with van der Waals surface area (Å²) in [7, 11) is 0. The first kappa shape index (κ1) is 26.2. The molecule has 0 saturated heterocycles. The van der Waals surface area contributed by atoms with Crippen LogP contribution in [0, 0.1) is 11.6 Å². The third-order valence-electron chi connectivity index (χ3n) is 6.19. The first-order valence-electron chi connectivity index (χ1n) is 11.7. The second-order valence-electron chi connectivity index (χ2n) is 11.0. The zero-order chi connectivity index (χ0) is 26.4. The number of hydrogen-bond acceptors (Lipinski definition) is 2. The van der Waals surface area contributed by atoms with Crippen LogP contribution in [-0.2, 0) is 10.8 Å². The van der Waals surface area contributed by atoms with Crippen molar-refractivity contribution in [2.75, 3.05) is 0 Å². The lowest BCUT2D eigenvalue weighted by molar-refractivity contribution is 0.589. The van der Waals surface area contributed by atoms with E-state index in [4.69, 9.17) is 23.2 Å². The first-order valence-corrected chi connectivity index (χ1v) is 12.4. The van der Waals surface area contributed by atoms with Gasteiger partial charge in [0.15, 0.2) is 11.6 Å². The van der Waals surface area contributed by atoms with E-state index in [2.05, 4.69) is 51.5 Å². The maximum Gasteiger partial charge on any atom is 0.150 e. The summed E-state index contributed by atoms with van der Waals surface area (Å²) < 4.78 is 30.4. The molecule has 2 aromatic heterocycles. The molecule has 0 aliphatic rings. The van der Waals surface area contributed by atoms with Crippen molar-refractivity contribution in [3.05, 3.63) is 93.7 Å². The standard InChI is InChI=1S/C30H28Cl2F2N2/c1-29(2,3)17-7-9-21(23(11-17)27-25(33)13-19(31)15-35-27)22-10-8-18(30(4,5)6)12-24(22)28-26(34)14-20(32)16-36-28/h7-16H,1-6H3. The number of rotatable bonds is 3. The van der Waals surface area contributed by atoms with Crippen LogP contribution in [0.5, 0.6) is 0 Å². The molecule has 0 aliphatic heterocycles. The van der Waals surface area contributed by atoms with Crippen LogP contribution in [0.2, 0.25) is 10.0 Å². The van der Waals surface area contributed by atoms with Crippen LogP contribution >= 0.6 is 23.2 Å². The van der Waals surface area contributed by atoms with E-state index < -0.39 is 11.6 Å². The maximum atomic E-state index is 15.2. The molecule has 0 unspecified atom stereocenters. The van der Waals surface area contributed by atoms with E-state index in [0.29, 0.717) is 22.3 Å². The number of nitrogens with zero attached hydrogens (tertiary/aromatic N) is 2. The Labute approximate surface area is 221 Å². The highest BCUT2D eigenvalue weighted by Crippen LogP contribution is 2.42. The molecule has 186 valence electrons. The molecule has 2 nitrogen and oxygen atoms in total. The zero-order valence-electron chi connectivity index (χ0n) is 21.2. The van der Waals surface area contributed by atoms with E-state index >= 15 is 8.78 Å². The second kappa shape index (κ2) is 9.57. The largest absolute Gasteiger partial charge is 0.252 e. The molecular formula is C30H28Cl2F2N2. The molecule has 0 saturated carbocycles. The number of benzene rings is 2. The van der Waals surface area contributed by atoms with Gasteiger partial charge in [-0.1, -0.05) is 89.0 Å². The van der Waals surface area contributed by atoms with Gasteiger partial charge in [-0.25, -0.2) is 8.78 Å². The van der Waals surface area contributed by atoms with Gasteiger partial charge >= 0.3 is 0 Å². The van der Waals surface area contributed by atoms with Crippen molar-refractivity contribution in [2.45, 2.75) is 52.4 Å². The molecule has 6 heteroatoms. The molecule has 4 aromatic rings. The van der Waals surface area contributed by atoms with Crippen LogP contribution in [0.1, 0.15) is 52.7 Å². The molecule has 0 bridgehead atoms. The molecule has 0 fully saturated rings. The normalized spacial score (nSPS) is 12.2. The van der Waals surface area contributed by atoms with E-state index in [1.807, 2.05) is 36.4 Å². The molecule has 2 aromatic carbocycles. The Bertz CT molecular complexity index is 1340. The molecule has 0 radical (unpaired) electrons. The van der Waals surface area contributed by atoms with Crippen molar-refractivity contribution in [2.24, 2.45) is 0 Å². The second-order valence-corrected chi connectivity index (χ2v) is 11.9. The smallest absolute Gasteiger partial charge is 0.150 e. The topological polar surface area (TPSA) is 25.8 Å². The molecule has 0 amide bonds. The van der Waals surface area contributed by atoms with Crippen LogP contribution in [0.15, 0.2) is 60.9 Å². The molecule has 4 rings (SSSR count). The van der Waals surface area contributed by atoms with Crippen molar-refractivity contribution in [1.82, 2.24) is 9.97 Å². The molecule has 0 atom stereocenters. The van der Waals surface area contributed by atoms with Crippen LogP contribution in [-0.4, -0.2) is 9.97 Å².